The topological polar surface area (TPSA) is 82.8 Å². The molecule has 1 atom stereocenters. The summed E-state index contributed by atoms with van der Waals surface area (Å²) in [5, 5.41) is 3.97. The molecular formula is C12H19N5O. The fraction of sp³-hybridized carbons (Fsp3) is 0.583. The Morgan fingerprint density at radius 2 is 2.28 bits per heavy atom. The molecule has 2 heterocycles. The Balaban J connectivity index is 1.97. The van der Waals surface area contributed by atoms with Crippen LogP contribution in [0.5, 0.6) is 0 Å². The molecule has 98 valence electrons. The predicted octanol–water partition coefficient (Wildman–Crippen LogP) is 1.39. The molecule has 18 heavy (non-hydrogen) atoms. The number of hydrogen-bond donors (Lipinski definition) is 1. The van der Waals surface area contributed by atoms with Crippen LogP contribution >= 0.6 is 0 Å². The van der Waals surface area contributed by atoms with Crippen LogP contribution in [0.25, 0.3) is 11.5 Å². The summed E-state index contributed by atoms with van der Waals surface area (Å²) in [6, 6.07) is 0. The van der Waals surface area contributed by atoms with Crippen LogP contribution in [0.15, 0.2) is 17.0 Å². The first-order valence-corrected chi connectivity index (χ1v) is 6.20. The normalized spacial score (nSPS) is 12.8. The summed E-state index contributed by atoms with van der Waals surface area (Å²) in [6.45, 7) is 2.91. The van der Waals surface area contributed by atoms with Crippen LogP contribution in [0.1, 0.15) is 25.7 Å². The van der Waals surface area contributed by atoms with Gasteiger partial charge in [-0.05, 0) is 25.3 Å². The summed E-state index contributed by atoms with van der Waals surface area (Å²) >= 11 is 0. The molecule has 2 aromatic rings. The first-order chi connectivity index (χ1) is 8.70. The molecule has 6 nitrogen and oxygen atoms in total. The molecule has 1 unspecified atom stereocenters. The molecule has 0 aliphatic carbocycles. The van der Waals surface area contributed by atoms with Crippen molar-refractivity contribution >= 4 is 0 Å². The van der Waals surface area contributed by atoms with E-state index in [1.807, 2.05) is 11.6 Å². The van der Waals surface area contributed by atoms with Crippen molar-refractivity contribution in [1.29, 1.82) is 0 Å². The maximum absolute atomic E-state index is 5.52. The summed E-state index contributed by atoms with van der Waals surface area (Å²) in [5.74, 6) is 1.86. The molecule has 0 saturated heterocycles. The van der Waals surface area contributed by atoms with Gasteiger partial charge in [0.15, 0.2) is 0 Å². The van der Waals surface area contributed by atoms with Crippen LogP contribution in [0.2, 0.25) is 0 Å². The maximum Gasteiger partial charge on any atom is 0.227 e. The van der Waals surface area contributed by atoms with Gasteiger partial charge in [-0.3, -0.25) is 0 Å². The van der Waals surface area contributed by atoms with Crippen LogP contribution < -0.4 is 5.73 Å². The third kappa shape index (κ3) is 2.95. The molecule has 2 aromatic heterocycles. The highest BCUT2D eigenvalue weighted by Gasteiger charge is 2.12. The van der Waals surface area contributed by atoms with Crippen LogP contribution in [-0.4, -0.2) is 26.2 Å². The fourth-order valence-electron chi connectivity index (χ4n) is 1.83. The van der Waals surface area contributed by atoms with Crippen LogP contribution in [0.4, 0.5) is 0 Å². The molecule has 0 aromatic carbocycles. The van der Waals surface area contributed by atoms with E-state index in [1.54, 1.807) is 12.5 Å². The van der Waals surface area contributed by atoms with Crippen LogP contribution in [-0.2, 0) is 13.5 Å². The molecule has 0 saturated carbocycles. The zero-order valence-corrected chi connectivity index (χ0v) is 10.8. The second kappa shape index (κ2) is 5.77. The van der Waals surface area contributed by atoms with Gasteiger partial charge in [-0.15, -0.1) is 0 Å². The summed E-state index contributed by atoms with van der Waals surface area (Å²) in [4.78, 5) is 8.41. The van der Waals surface area contributed by atoms with E-state index in [1.165, 1.54) is 0 Å². The number of imidazole rings is 1. The summed E-state index contributed by atoms with van der Waals surface area (Å²) < 4.78 is 7.11. The number of hydrogen-bond acceptors (Lipinski definition) is 5. The van der Waals surface area contributed by atoms with Crippen LogP contribution in [0, 0.1) is 5.92 Å². The second-order valence-electron chi connectivity index (χ2n) is 4.62. The summed E-state index contributed by atoms with van der Waals surface area (Å²) in [5.41, 5.74) is 6.38. The molecule has 2 N–H and O–H groups in total. The molecule has 0 spiro atoms. The van der Waals surface area contributed by atoms with E-state index < -0.39 is 0 Å². The molecule has 0 fully saturated rings. The van der Waals surface area contributed by atoms with Crippen molar-refractivity contribution in [1.82, 2.24) is 19.7 Å². The SMILES string of the molecule is CC(CCN)CCc1nc(-c2cncn2C)no1. The van der Waals surface area contributed by atoms with Gasteiger partial charge in [0, 0.05) is 13.5 Å². The van der Waals surface area contributed by atoms with E-state index in [2.05, 4.69) is 22.0 Å². The Labute approximate surface area is 106 Å². The number of rotatable bonds is 6. The monoisotopic (exact) mass is 249 g/mol. The minimum absolute atomic E-state index is 0.585. The largest absolute Gasteiger partial charge is 0.339 e. The van der Waals surface area contributed by atoms with E-state index in [9.17, 15) is 0 Å². The quantitative estimate of drug-likeness (QED) is 0.836. The molecule has 0 amide bonds. The Bertz CT molecular complexity index is 490. The van der Waals surface area contributed by atoms with Gasteiger partial charge in [-0.1, -0.05) is 12.1 Å². The molecule has 6 heteroatoms. The smallest absolute Gasteiger partial charge is 0.227 e. The Morgan fingerprint density at radius 3 is 2.94 bits per heavy atom. The number of aromatic nitrogens is 4. The molecule has 0 radical (unpaired) electrons. The highest BCUT2D eigenvalue weighted by molar-refractivity contribution is 5.46. The van der Waals surface area contributed by atoms with Crippen molar-refractivity contribution < 1.29 is 4.52 Å². The minimum Gasteiger partial charge on any atom is -0.339 e. The Hall–Kier alpha value is -1.69. The lowest BCUT2D eigenvalue weighted by atomic mass is 10.0. The standard InChI is InChI=1S/C12H19N5O/c1-9(5-6-13)3-4-11-15-12(16-18-11)10-7-14-8-17(10)2/h7-9H,3-6,13H2,1-2H3. The first kappa shape index (κ1) is 12.8. The zero-order valence-electron chi connectivity index (χ0n) is 10.8. The van der Waals surface area contributed by atoms with Crippen molar-refractivity contribution in [3.63, 3.8) is 0 Å². The van der Waals surface area contributed by atoms with Gasteiger partial charge in [-0.2, -0.15) is 4.98 Å². The third-order valence-corrected chi connectivity index (χ3v) is 3.02. The molecule has 0 aliphatic rings. The van der Waals surface area contributed by atoms with Crippen molar-refractivity contribution in [2.45, 2.75) is 26.2 Å². The van der Waals surface area contributed by atoms with Gasteiger partial charge in [0.25, 0.3) is 0 Å². The average Bonchev–Trinajstić information content (AvgIpc) is 2.95. The number of nitrogens with zero attached hydrogens (tertiary/aromatic N) is 4. The van der Waals surface area contributed by atoms with Gasteiger partial charge < -0.3 is 14.8 Å². The lowest BCUT2D eigenvalue weighted by Crippen LogP contribution is -2.06. The number of nitrogens with two attached hydrogens (primary N) is 1. The first-order valence-electron chi connectivity index (χ1n) is 6.20. The van der Waals surface area contributed by atoms with E-state index in [0.717, 1.165) is 31.5 Å². The zero-order chi connectivity index (χ0) is 13.0. The number of aryl methyl sites for hydroxylation is 2. The lowest BCUT2D eigenvalue weighted by Gasteiger charge is -2.06. The van der Waals surface area contributed by atoms with Crippen LogP contribution in [0.3, 0.4) is 0 Å². The average molecular weight is 249 g/mol. The molecule has 0 aliphatic heterocycles. The minimum atomic E-state index is 0.585. The van der Waals surface area contributed by atoms with E-state index >= 15 is 0 Å². The van der Waals surface area contributed by atoms with Gasteiger partial charge in [0.1, 0.15) is 5.69 Å². The second-order valence-corrected chi connectivity index (χ2v) is 4.62. The Kier molecular flexibility index (Phi) is 4.09. The lowest BCUT2D eigenvalue weighted by molar-refractivity contribution is 0.362. The molecular weight excluding hydrogens is 230 g/mol. The van der Waals surface area contributed by atoms with Gasteiger partial charge >= 0.3 is 0 Å². The van der Waals surface area contributed by atoms with Gasteiger partial charge in [0.05, 0.1) is 12.5 Å². The van der Waals surface area contributed by atoms with Gasteiger partial charge in [-0.25, -0.2) is 4.98 Å². The predicted molar refractivity (Wildman–Crippen MR) is 67.7 cm³/mol. The highest BCUT2D eigenvalue weighted by atomic mass is 16.5. The summed E-state index contributed by atoms with van der Waals surface area (Å²) in [6.07, 6.45) is 6.29. The van der Waals surface area contributed by atoms with Crippen molar-refractivity contribution in [2.24, 2.45) is 18.7 Å². The van der Waals surface area contributed by atoms with E-state index in [4.69, 9.17) is 10.3 Å². The summed E-state index contributed by atoms with van der Waals surface area (Å²) in [7, 11) is 1.90. The maximum atomic E-state index is 5.52. The Morgan fingerprint density at radius 1 is 1.44 bits per heavy atom. The highest BCUT2D eigenvalue weighted by Crippen LogP contribution is 2.16. The fourth-order valence-corrected chi connectivity index (χ4v) is 1.83. The van der Waals surface area contributed by atoms with Gasteiger partial charge in [0.2, 0.25) is 11.7 Å². The van der Waals surface area contributed by atoms with E-state index in [0.29, 0.717) is 17.6 Å². The molecule has 0 bridgehead atoms. The van der Waals surface area contributed by atoms with E-state index in [-0.39, 0.29) is 0 Å². The third-order valence-electron chi connectivity index (χ3n) is 3.02. The van der Waals surface area contributed by atoms with Crippen molar-refractivity contribution in [2.75, 3.05) is 6.54 Å². The van der Waals surface area contributed by atoms with Crippen molar-refractivity contribution in [3.8, 4) is 11.5 Å². The van der Waals surface area contributed by atoms with Crippen molar-refractivity contribution in [3.05, 3.63) is 18.4 Å². The molecule has 2 rings (SSSR count).